The van der Waals surface area contributed by atoms with E-state index in [0.717, 1.165) is 6.20 Å². The predicted octanol–water partition coefficient (Wildman–Crippen LogP) is 3.80. The first-order chi connectivity index (χ1) is 8.59. The third-order valence-electron chi connectivity index (χ3n) is 2.61. The largest absolute Gasteiger partial charge is 0.388 e. The van der Waals surface area contributed by atoms with Gasteiger partial charge in [-0.15, -0.1) is 0 Å². The monoisotopic (exact) mass is 285 g/mol. The van der Waals surface area contributed by atoms with Crippen LogP contribution in [0.2, 0.25) is 10.0 Å². The van der Waals surface area contributed by atoms with Crippen LogP contribution in [-0.2, 0) is 6.42 Å². The van der Waals surface area contributed by atoms with Gasteiger partial charge in [-0.2, -0.15) is 0 Å². The highest BCUT2D eigenvalue weighted by molar-refractivity contribution is 6.42. The first-order valence-corrected chi connectivity index (χ1v) is 6.05. The average molecular weight is 286 g/mol. The van der Waals surface area contributed by atoms with Gasteiger partial charge in [0.1, 0.15) is 5.82 Å². The number of hydrogen-bond donors (Lipinski definition) is 1. The zero-order valence-corrected chi connectivity index (χ0v) is 10.8. The van der Waals surface area contributed by atoms with Gasteiger partial charge >= 0.3 is 0 Å². The molecule has 1 N–H and O–H groups in total. The molecule has 0 radical (unpaired) electrons. The number of nitrogens with zero attached hydrogens (tertiary/aromatic N) is 1. The Kier molecular flexibility index (Phi) is 4.17. The molecule has 0 saturated heterocycles. The summed E-state index contributed by atoms with van der Waals surface area (Å²) in [5.74, 6) is -0.539. The second kappa shape index (κ2) is 5.65. The summed E-state index contributed by atoms with van der Waals surface area (Å²) < 4.78 is 13.4. The maximum absolute atomic E-state index is 13.4. The molecule has 0 fully saturated rings. The zero-order chi connectivity index (χ0) is 13.1. The average Bonchev–Trinajstić information content (AvgIpc) is 2.35. The maximum atomic E-state index is 13.4. The van der Waals surface area contributed by atoms with Crippen molar-refractivity contribution in [2.45, 2.75) is 12.5 Å². The lowest BCUT2D eigenvalue weighted by molar-refractivity contribution is 0.173. The first-order valence-electron chi connectivity index (χ1n) is 5.30. The van der Waals surface area contributed by atoms with Gasteiger partial charge in [0.05, 0.1) is 22.3 Å². The van der Waals surface area contributed by atoms with E-state index in [1.807, 2.05) is 0 Å². The van der Waals surface area contributed by atoms with Crippen LogP contribution in [-0.4, -0.2) is 10.1 Å². The van der Waals surface area contributed by atoms with E-state index >= 15 is 0 Å². The van der Waals surface area contributed by atoms with E-state index in [1.165, 1.54) is 12.3 Å². The Bertz CT molecular complexity index is 562. The van der Waals surface area contributed by atoms with Crippen LogP contribution in [0.1, 0.15) is 17.2 Å². The summed E-state index contributed by atoms with van der Waals surface area (Å²) in [7, 11) is 0. The summed E-state index contributed by atoms with van der Waals surface area (Å²) >= 11 is 11.9. The van der Waals surface area contributed by atoms with Crippen molar-refractivity contribution in [3.05, 3.63) is 63.6 Å². The fourth-order valence-corrected chi connectivity index (χ4v) is 2.08. The summed E-state index contributed by atoms with van der Waals surface area (Å²) in [6, 6.07) is 6.58. The molecule has 1 aromatic heterocycles. The minimum Gasteiger partial charge on any atom is -0.388 e. The van der Waals surface area contributed by atoms with E-state index in [1.54, 1.807) is 18.2 Å². The molecule has 94 valence electrons. The minimum atomic E-state index is -0.982. The highest BCUT2D eigenvalue weighted by Gasteiger charge is 2.15. The zero-order valence-electron chi connectivity index (χ0n) is 9.28. The molecule has 2 nitrogen and oxygen atoms in total. The first kappa shape index (κ1) is 13.3. The van der Waals surface area contributed by atoms with Crippen molar-refractivity contribution in [3.8, 4) is 0 Å². The van der Waals surface area contributed by atoms with Crippen LogP contribution in [0.5, 0.6) is 0 Å². The number of rotatable bonds is 3. The van der Waals surface area contributed by atoms with Gasteiger partial charge in [0.15, 0.2) is 0 Å². The van der Waals surface area contributed by atoms with Gasteiger partial charge in [-0.05, 0) is 17.7 Å². The van der Waals surface area contributed by atoms with Gasteiger partial charge < -0.3 is 5.11 Å². The summed E-state index contributed by atoms with van der Waals surface area (Å²) in [6.07, 6.45) is 1.71. The molecular formula is C13H10Cl2FNO. The van der Waals surface area contributed by atoms with Gasteiger partial charge in [-0.1, -0.05) is 35.3 Å². The topological polar surface area (TPSA) is 33.1 Å². The van der Waals surface area contributed by atoms with Gasteiger partial charge in [0.25, 0.3) is 0 Å². The summed E-state index contributed by atoms with van der Waals surface area (Å²) in [6.45, 7) is 0. The van der Waals surface area contributed by atoms with Crippen LogP contribution in [0.15, 0.2) is 36.7 Å². The molecule has 0 aliphatic carbocycles. The number of pyridine rings is 1. The van der Waals surface area contributed by atoms with Gasteiger partial charge in [-0.3, -0.25) is 4.98 Å². The predicted molar refractivity (Wildman–Crippen MR) is 69.3 cm³/mol. The summed E-state index contributed by atoms with van der Waals surface area (Å²) in [5.41, 5.74) is 0.869. The summed E-state index contributed by atoms with van der Waals surface area (Å²) in [4.78, 5) is 3.63. The van der Waals surface area contributed by atoms with Crippen LogP contribution in [0.3, 0.4) is 0 Å². The number of aliphatic hydroxyl groups excluding tert-OH is 1. The van der Waals surface area contributed by atoms with Crippen LogP contribution < -0.4 is 0 Å². The Balaban J connectivity index is 2.24. The molecule has 0 bridgehead atoms. The van der Waals surface area contributed by atoms with Crippen molar-refractivity contribution in [1.29, 1.82) is 0 Å². The normalized spacial score (nSPS) is 12.4. The molecule has 5 heteroatoms. The lowest BCUT2D eigenvalue weighted by Crippen LogP contribution is -2.05. The summed E-state index contributed by atoms with van der Waals surface area (Å²) in [5, 5.41) is 10.8. The maximum Gasteiger partial charge on any atom is 0.147 e. The lowest BCUT2D eigenvalue weighted by atomic mass is 10.0. The van der Waals surface area contributed by atoms with E-state index in [2.05, 4.69) is 4.98 Å². The second-order valence-electron chi connectivity index (χ2n) is 3.83. The van der Waals surface area contributed by atoms with Crippen molar-refractivity contribution in [2.75, 3.05) is 0 Å². The number of halogens is 3. The van der Waals surface area contributed by atoms with E-state index in [0.29, 0.717) is 15.6 Å². The molecule has 2 rings (SSSR count). The van der Waals surface area contributed by atoms with Crippen LogP contribution in [0.4, 0.5) is 4.39 Å². The lowest BCUT2D eigenvalue weighted by Gasteiger charge is -2.13. The molecule has 1 heterocycles. The Morgan fingerprint density at radius 3 is 2.78 bits per heavy atom. The number of hydrogen-bond acceptors (Lipinski definition) is 2. The van der Waals surface area contributed by atoms with Gasteiger partial charge in [-0.25, -0.2) is 4.39 Å². The second-order valence-corrected chi connectivity index (χ2v) is 4.62. The van der Waals surface area contributed by atoms with Gasteiger partial charge in [0, 0.05) is 18.2 Å². The smallest absolute Gasteiger partial charge is 0.147 e. The van der Waals surface area contributed by atoms with Crippen molar-refractivity contribution in [2.24, 2.45) is 0 Å². The molecule has 0 aliphatic rings. The van der Waals surface area contributed by atoms with E-state index in [-0.39, 0.29) is 12.0 Å². The SMILES string of the molecule is OC(Cc1cccc(Cl)c1Cl)c1ccncc1F. The molecule has 1 unspecified atom stereocenters. The fraction of sp³-hybridized carbons (Fsp3) is 0.154. The molecule has 18 heavy (non-hydrogen) atoms. The standard InChI is InChI=1S/C13H10Cl2FNO/c14-10-3-1-2-8(13(10)15)6-12(18)9-4-5-17-7-11(9)16/h1-5,7,12,18H,6H2. The quantitative estimate of drug-likeness (QED) is 0.930. The Morgan fingerprint density at radius 1 is 1.28 bits per heavy atom. The Labute approximate surface area is 114 Å². The third kappa shape index (κ3) is 2.80. The van der Waals surface area contributed by atoms with Gasteiger partial charge in [0.2, 0.25) is 0 Å². The fourth-order valence-electron chi connectivity index (χ4n) is 1.68. The molecule has 0 aliphatic heterocycles. The molecule has 0 saturated carbocycles. The minimum absolute atomic E-state index is 0.195. The molecule has 1 atom stereocenters. The number of aromatic nitrogens is 1. The molecule has 0 spiro atoms. The molecular weight excluding hydrogens is 276 g/mol. The van der Waals surface area contributed by atoms with Crippen molar-refractivity contribution in [3.63, 3.8) is 0 Å². The third-order valence-corrected chi connectivity index (χ3v) is 3.47. The van der Waals surface area contributed by atoms with Crippen molar-refractivity contribution >= 4 is 23.2 Å². The Hall–Kier alpha value is -1.16. The molecule has 2 aromatic rings. The van der Waals surface area contributed by atoms with Crippen molar-refractivity contribution in [1.82, 2.24) is 4.98 Å². The van der Waals surface area contributed by atoms with E-state index < -0.39 is 11.9 Å². The molecule has 0 amide bonds. The van der Waals surface area contributed by atoms with Crippen LogP contribution in [0.25, 0.3) is 0 Å². The number of aliphatic hydroxyl groups is 1. The van der Waals surface area contributed by atoms with Crippen molar-refractivity contribution < 1.29 is 9.50 Å². The van der Waals surface area contributed by atoms with E-state index in [9.17, 15) is 9.50 Å². The van der Waals surface area contributed by atoms with Crippen LogP contribution >= 0.6 is 23.2 Å². The number of benzene rings is 1. The van der Waals surface area contributed by atoms with Crippen LogP contribution in [0, 0.1) is 5.82 Å². The Morgan fingerprint density at radius 2 is 2.06 bits per heavy atom. The molecule has 1 aromatic carbocycles. The highest BCUT2D eigenvalue weighted by atomic mass is 35.5. The van der Waals surface area contributed by atoms with E-state index in [4.69, 9.17) is 23.2 Å². The highest BCUT2D eigenvalue weighted by Crippen LogP contribution is 2.29.